The number of ether oxygens (including phenoxy) is 1. The fraction of sp³-hybridized carbons (Fsp3) is 0.200. The molecule has 7 nitrogen and oxygen atoms in total. The molecule has 0 spiro atoms. The number of H-pyrrole nitrogens is 1. The largest absolute Gasteiger partial charge is 0.481 e. The van der Waals surface area contributed by atoms with Crippen LogP contribution in [0.25, 0.3) is 17.2 Å². The highest BCUT2D eigenvalue weighted by molar-refractivity contribution is 5.57. The van der Waals surface area contributed by atoms with Crippen molar-refractivity contribution in [3.8, 4) is 17.4 Å². The molecule has 0 amide bonds. The van der Waals surface area contributed by atoms with Gasteiger partial charge in [0, 0.05) is 24.4 Å². The lowest BCUT2D eigenvalue weighted by molar-refractivity contribution is 0.394. The maximum absolute atomic E-state index is 14.4. The summed E-state index contributed by atoms with van der Waals surface area (Å²) in [6.07, 6.45) is 4.56. The van der Waals surface area contributed by atoms with Gasteiger partial charge < -0.3 is 9.72 Å². The maximum Gasteiger partial charge on any atom is 0.254 e. The zero-order chi connectivity index (χ0) is 20.7. The summed E-state index contributed by atoms with van der Waals surface area (Å²) in [5.74, 6) is -0.362. The average Bonchev–Trinajstić information content (AvgIpc) is 3.11. The van der Waals surface area contributed by atoms with Crippen molar-refractivity contribution in [1.29, 1.82) is 0 Å². The highest BCUT2D eigenvalue weighted by atomic mass is 19.1. The van der Waals surface area contributed by atoms with Gasteiger partial charge in [-0.15, -0.1) is 0 Å². The van der Waals surface area contributed by atoms with E-state index >= 15 is 0 Å². The van der Waals surface area contributed by atoms with Crippen LogP contribution in [0.3, 0.4) is 0 Å². The maximum atomic E-state index is 14.4. The molecule has 0 saturated heterocycles. The lowest BCUT2D eigenvalue weighted by Gasteiger charge is -2.10. The summed E-state index contributed by atoms with van der Waals surface area (Å²) in [6, 6.07) is 2.30. The molecule has 0 aliphatic rings. The predicted molar refractivity (Wildman–Crippen MR) is 102 cm³/mol. The van der Waals surface area contributed by atoms with E-state index in [0.717, 1.165) is 12.1 Å². The first-order chi connectivity index (χ1) is 13.9. The van der Waals surface area contributed by atoms with Crippen LogP contribution in [0.5, 0.6) is 5.88 Å². The van der Waals surface area contributed by atoms with Gasteiger partial charge in [-0.1, -0.05) is 0 Å². The quantitative estimate of drug-likeness (QED) is 0.572. The van der Waals surface area contributed by atoms with Gasteiger partial charge in [-0.3, -0.25) is 9.20 Å². The molecule has 3 aromatic heterocycles. The predicted octanol–water partition coefficient (Wildman–Crippen LogP) is 2.97. The van der Waals surface area contributed by atoms with Crippen molar-refractivity contribution in [2.75, 3.05) is 7.11 Å². The summed E-state index contributed by atoms with van der Waals surface area (Å²) in [5.41, 5.74) is 1.70. The lowest BCUT2D eigenvalue weighted by atomic mass is 10.1. The number of nitrogens with zero attached hydrogens (tertiary/aromatic N) is 4. The molecule has 0 radical (unpaired) electrons. The van der Waals surface area contributed by atoms with E-state index in [0.29, 0.717) is 28.5 Å². The monoisotopic (exact) mass is 397 g/mol. The molecule has 9 heteroatoms. The molecule has 1 N–H and O–H groups in total. The Balaban J connectivity index is 1.91. The molecular weight excluding hydrogens is 380 g/mol. The third-order valence-corrected chi connectivity index (χ3v) is 4.64. The molecule has 4 rings (SSSR count). The van der Waals surface area contributed by atoms with Crippen molar-refractivity contribution in [3.05, 3.63) is 75.1 Å². The van der Waals surface area contributed by atoms with Gasteiger partial charge in [0.2, 0.25) is 5.88 Å². The number of aryl methyl sites for hydroxylation is 2. The van der Waals surface area contributed by atoms with Crippen LogP contribution in [0, 0.1) is 25.5 Å². The summed E-state index contributed by atoms with van der Waals surface area (Å²) in [7, 11) is 1.49. The first-order valence-electron chi connectivity index (χ1n) is 8.79. The van der Waals surface area contributed by atoms with E-state index < -0.39 is 11.6 Å². The van der Waals surface area contributed by atoms with E-state index in [9.17, 15) is 13.6 Å². The highest BCUT2D eigenvalue weighted by Crippen LogP contribution is 2.24. The van der Waals surface area contributed by atoms with E-state index in [1.807, 2.05) is 0 Å². The first-order valence-corrected chi connectivity index (χ1v) is 8.79. The number of fused-ring (bicyclic) bond motifs is 1. The van der Waals surface area contributed by atoms with Gasteiger partial charge in [-0.25, -0.2) is 23.7 Å². The second-order valence-corrected chi connectivity index (χ2v) is 6.68. The Kier molecular flexibility index (Phi) is 4.57. The Morgan fingerprint density at radius 1 is 1.10 bits per heavy atom. The number of aromatic nitrogens is 5. The van der Waals surface area contributed by atoms with Crippen LogP contribution >= 0.6 is 0 Å². The molecule has 0 saturated carbocycles. The molecule has 4 aromatic rings. The summed E-state index contributed by atoms with van der Waals surface area (Å²) >= 11 is 0. The molecule has 3 heterocycles. The molecule has 0 bridgehead atoms. The molecule has 0 atom stereocenters. The molecule has 1 aromatic carbocycles. The number of hydrogen-bond acceptors (Lipinski definition) is 5. The average molecular weight is 397 g/mol. The Morgan fingerprint density at radius 2 is 1.90 bits per heavy atom. The summed E-state index contributed by atoms with van der Waals surface area (Å²) in [5, 5.41) is 0. The van der Waals surface area contributed by atoms with Gasteiger partial charge in [0.05, 0.1) is 19.0 Å². The van der Waals surface area contributed by atoms with Crippen molar-refractivity contribution >= 4 is 5.65 Å². The smallest absolute Gasteiger partial charge is 0.254 e. The highest BCUT2D eigenvalue weighted by Gasteiger charge is 2.17. The fourth-order valence-corrected chi connectivity index (χ4v) is 3.01. The molecule has 0 aliphatic heterocycles. The lowest BCUT2D eigenvalue weighted by Crippen LogP contribution is -2.12. The van der Waals surface area contributed by atoms with Crippen LogP contribution in [0.4, 0.5) is 8.78 Å². The van der Waals surface area contributed by atoms with Gasteiger partial charge in [0.15, 0.2) is 11.5 Å². The SMILES string of the molecule is COc1cnc2c(Cc3cc(F)c(C)cc3F)nc(-c3ncc(C)c(=O)[nH]3)cn12. The number of methoxy groups -OCH3 is 1. The number of halogens is 2. The number of hydrogen-bond donors (Lipinski definition) is 1. The minimum Gasteiger partial charge on any atom is -0.481 e. The normalized spacial score (nSPS) is 11.2. The summed E-state index contributed by atoms with van der Waals surface area (Å²) in [6.45, 7) is 3.14. The molecule has 0 unspecified atom stereocenters. The third kappa shape index (κ3) is 3.35. The molecule has 29 heavy (non-hydrogen) atoms. The number of imidazole rings is 1. The van der Waals surface area contributed by atoms with Gasteiger partial charge in [-0.05, 0) is 37.1 Å². The number of aromatic amines is 1. The van der Waals surface area contributed by atoms with E-state index in [-0.39, 0.29) is 28.9 Å². The number of nitrogens with one attached hydrogen (secondary N) is 1. The van der Waals surface area contributed by atoms with Crippen LogP contribution in [0.2, 0.25) is 0 Å². The number of rotatable bonds is 4. The van der Waals surface area contributed by atoms with Gasteiger partial charge in [0.25, 0.3) is 5.56 Å². The second kappa shape index (κ2) is 7.08. The molecule has 0 fully saturated rings. The zero-order valence-electron chi connectivity index (χ0n) is 16.0. The first kappa shape index (κ1) is 18.7. The molecule has 0 aliphatic carbocycles. The van der Waals surface area contributed by atoms with E-state index in [1.54, 1.807) is 17.5 Å². The van der Waals surface area contributed by atoms with Crippen molar-refractivity contribution in [1.82, 2.24) is 24.3 Å². The minimum atomic E-state index is -0.533. The Bertz CT molecular complexity index is 1300. The Hall–Kier alpha value is -3.62. The van der Waals surface area contributed by atoms with E-state index in [4.69, 9.17) is 4.74 Å². The van der Waals surface area contributed by atoms with Gasteiger partial charge in [-0.2, -0.15) is 0 Å². The van der Waals surface area contributed by atoms with Crippen LogP contribution in [0.15, 0.2) is 35.5 Å². The Morgan fingerprint density at radius 3 is 2.62 bits per heavy atom. The van der Waals surface area contributed by atoms with Crippen LogP contribution in [-0.4, -0.2) is 31.4 Å². The van der Waals surface area contributed by atoms with Crippen molar-refractivity contribution < 1.29 is 13.5 Å². The van der Waals surface area contributed by atoms with Crippen molar-refractivity contribution in [2.24, 2.45) is 0 Å². The third-order valence-electron chi connectivity index (χ3n) is 4.64. The minimum absolute atomic E-state index is 0.00334. The second-order valence-electron chi connectivity index (χ2n) is 6.68. The van der Waals surface area contributed by atoms with Gasteiger partial charge >= 0.3 is 0 Å². The van der Waals surface area contributed by atoms with Crippen LogP contribution in [0.1, 0.15) is 22.4 Å². The molecule has 148 valence electrons. The summed E-state index contributed by atoms with van der Waals surface area (Å²) in [4.78, 5) is 27.7. The molecular formula is C20H17F2N5O2. The van der Waals surface area contributed by atoms with Crippen molar-refractivity contribution in [2.45, 2.75) is 20.3 Å². The van der Waals surface area contributed by atoms with E-state index in [1.165, 1.54) is 26.4 Å². The van der Waals surface area contributed by atoms with E-state index in [2.05, 4.69) is 19.9 Å². The number of benzene rings is 1. The summed E-state index contributed by atoms with van der Waals surface area (Å²) < 4.78 is 35.3. The van der Waals surface area contributed by atoms with Crippen molar-refractivity contribution in [3.63, 3.8) is 0 Å². The Labute approximate surface area is 164 Å². The topological polar surface area (TPSA) is 85.2 Å². The van der Waals surface area contributed by atoms with Gasteiger partial charge in [0.1, 0.15) is 17.3 Å². The standard InChI is InChI=1S/C20H17F2N5O2/c1-10-4-14(22)12(5-13(10)21)6-15-19-24-8-17(29-3)27(19)9-16(25-15)18-23-7-11(2)20(28)26-18/h4-5,7-9H,6H2,1-3H3,(H,23,26,28). The fourth-order valence-electron chi connectivity index (χ4n) is 3.01. The van der Waals surface area contributed by atoms with Crippen LogP contribution < -0.4 is 10.3 Å². The zero-order valence-corrected chi connectivity index (χ0v) is 16.0. The van der Waals surface area contributed by atoms with Crippen LogP contribution in [-0.2, 0) is 6.42 Å².